The lowest BCUT2D eigenvalue weighted by molar-refractivity contribution is 0.338. The molecule has 0 amide bonds. The fraction of sp³-hybridized carbons (Fsp3) is 0.250. The fourth-order valence-electron chi connectivity index (χ4n) is 1.57. The quantitative estimate of drug-likeness (QED) is 0.862. The summed E-state index contributed by atoms with van der Waals surface area (Å²) in [6.45, 7) is 4.68. The molecule has 0 saturated carbocycles. The molecule has 0 fully saturated rings. The molecule has 1 aromatic carbocycles. The lowest BCUT2D eigenvalue weighted by Crippen LogP contribution is -2.00. The van der Waals surface area contributed by atoms with Gasteiger partial charge in [0.05, 0.1) is 16.8 Å². The van der Waals surface area contributed by atoms with Crippen LogP contribution in [0.4, 0.5) is 0 Å². The van der Waals surface area contributed by atoms with E-state index >= 15 is 0 Å². The van der Waals surface area contributed by atoms with E-state index in [1.54, 1.807) is 6.20 Å². The molecule has 1 aromatic heterocycles. The average Bonchev–Trinajstić information content (AvgIpc) is 2.75. The first-order valence-electron chi connectivity index (χ1n) is 5.15. The smallest absolute Gasteiger partial charge is 0.135 e. The summed E-state index contributed by atoms with van der Waals surface area (Å²) in [6, 6.07) is 5.94. The number of aryl methyl sites for hydroxylation is 1. The van der Waals surface area contributed by atoms with Crippen molar-refractivity contribution in [3.05, 3.63) is 40.6 Å². The van der Waals surface area contributed by atoms with Crippen LogP contribution < -0.4 is 4.74 Å². The van der Waals surface area contributed by atoms with Gasteiger partial charge in [-0.15, -0.1) is 0 Å². The van der Waals surface area contributed by atoms with Gasteiger partial charge in [0.2, 0.25) is 0 Å². The summed E-state index contributed by atoms with van der Waals surface area (Å²) >= 11 is 3.49. The van der Waals surface area contributed by atoms with Crippen LogP contribution in [-0.4, -0.2) is 16.4 Å². The molecule has 0 saturated heterocycles. The summed E-state index contributed by atoms with van der Waals surface area (Å²) in [4.78, 5) is 0. The molecule has 4 heteroatoms. The summed E-state index contributed by atoms with van der Waals surface area (Å²) in [5.41, 5.74) is 2.19. The van der Waals surface area contributed by atoms with Crippen molar-refractivity contribution in [2.75, 3.05) is 6.61 Å². The molecule has 2 rings (SSSR count). The highest BCUT2D eigenvalue weighted by Crippen LogP contribution is 2.30. The highest BCUT2D eigenvalue weighted by molar-refractivity contribution is 9.10. The van der Waals surface area contributed by atoms with E-state index in [-0.39, 0.29) is 0 Å². The van der Waals surface area contributed by atoms with E-state index in [1.165, 1.54) is 0 Å². The summed E-state index contributed by atoms with van der Waals surface area (Å²) in [7, 11) is 0. The van der Waals surface area contributed by atoms with Gasteiger partial charge in [-0.05, 0) is 47.5 Å². The maximum absolute atomic E-state index is 5.54. The second kappa shape index (κ2) is 4.70. The normalized spacial score (nSPS) is 10.4. The van der Waals surface area contributed by atoms with Gasteiger partial charge in [-0.2, -0.15) is 5.10 Å². The minimum Gasteiger partial charge on any atom is -0.493 e. The first kappa shape index (κ1) is 11.2. The topological polar surface area (TPSA) is 27.1 Å². The van der Waals surface area contributed by atoms with Crippen molar-refractivity contribution in [2.45, 2.75) is 13.8 Å². The Hall–Kier alpha value is -1.29. The third-order valence-corrected chi connectivity index (χ3v) is 2.92. The molecule has 2 aromatic rings. The fourth-order valence-corrected chi connectivity index (χ4v) is 2.14. The number of hydrogen-bond donors (Lipinski definition) is 0. The van der Waals surface area contributed by atoms with E-state index in [9.17, 15) is 0 Å². The Morgan fingerprint density at radius 2 is 2.25 bits per heavy atom. The molecular weight excluding hydrogens is 268 g/mol. The lowest BCUT2D eigenvalue weighted by Gasteiger charge is -2.11. The molecule has 16 heavy (non-hydrogen) atoms. The number of aromatic nitrogens is 2. The Balaban J connectivity index is 2.49. The van der Waals surface area contributed by atoms with Crippen molar-refractivity contribution in [3.8, 4) is 11.4 Å². The van der Waals surface area contributed by atoms with E-state index in [4.69, 9.17) is 4.74 Å². The number of hydrogen-bond acceptors (Lipinski definition) is 2. The Morgan fingerprint density at radius 3 is 2.88 bits per heavy atom. The molecule has 1 heterocycles. The Bertz CT molecular complexity index is 480. The zero-order valence-electron chi connectivity index (χ0n) is 9.27. The van der Waals surface area contributed by atoms with Crippen molar-refractivity contribution < 1.29 is 4.74 Å². The molecule has 0 spiro atoms. The van der Waals surface area contributed by atoms with Crippen LogP contribution in [-0.2, 0) is 0 Å². The van der Waals surface area contributed by atoms with Crippen molar-refractivity contribution in [2.24, 2.45) is 0 Å². The van der Waals surface area contributed by atoms with Gasteiger partial charge in [-0.25, -0.2) is 4.68 Å². The SMILES string of the molecule is CCOc1cc(-n2cccn2)c(C)cc1Br. The molecule has 0 aliphatic rings. The second-order valence-electron chi connectivity index (χ2n) is 3.45. The molecule has 0 aliphatic heterocycles. The van der Waals surface area contributed by atoms with Crippen LogP contribution in [0.15, 0.2) is 35.1 Å². The molecule has 84 valence electrons. The molecule has 0 N–H and O–H groups in total. The van der Waals surface area contributed by atoms with Gasteiger partial charge in [0, 0.05) is 18.5 Å². The number of rotatable bonds is 3. The predicted molar refractivity (Wildman–Crippen MR) is 67.2 cm³/mol. The summed E-state index contributed by atoms with van der Waals surface area (Å²) in [6.07, 6.45) is 3.69. The van der Waals surface area contributed by atoms with E-state index < -0.39 is 0 Å². The van der Waals surface area contributed by atoms with Crippen molar-refractivity contribution in [1.82, 2.24) is 9.78 Å². The van der Waals surface area contributed by atoms with Crippen LogP contribution >= 0.6 is 15.9 Å². The monoisotopic (exact) mass is 280 g/mol. The van der Waals surface area contributed by atoms with Gasteiger partial charge in [0.1, 0.15) is 5.75 Å². The average molecular weight is 281 g/mol. The van der Waals surface area contributed by atoms with Gasteiger partial charge in [-0.3, -0.25) is 0 Å². The third-order valence-electron chi connectivity index (χ3n) is 2.30. The van der Waals surface area contributed by atoms with Crippen molar-refractivity contribution in [3.63, 3.8) is 0 Å². The minimum absolute atomic E-state index is 0.653. The standard InChI is InChI=1S/C12H13BrN2O/c1-3-16-12-8-11(9(2)7-10(12)13)15-6-4-5-14-15/h4-8H,3H2,1-2H3. The highest BCUT2D eigenvalue weighted by Gasteiger charge is 2.08. The molecule has 0 unspecified atom stereocenters. The van der Waals surface area contributed by atoms with Crippen LogP contribution in [0, 0.1) is 6.92 Å². The van der Waals surface area contributed by atoms with Crippen LogP contribution in [0.25, 0.3) is 5.69 Å². The van der Waals surface area contributed by atoms with Crippen LogP contribution in [0.1, 0.15) is 12.5 Å². The largest absolute Gasteiger partial charge is 0.493 e. The Kier molecular flexibility index (Phi) is 3.29. The predicted octanol–water partition coefficient (Wildman–Crippen LogP) is 3.34. The second-order valence-corrected chi connectivity index (χ2v) is 4.31. The van der Waals surface area contributed by atoms with Crippen molar-refractivity contribution in [1.29, 1.82) is 0 Å². The number of nitrogens with zero attached hydrogens (tertiary/aromatic N) is 2. The van der Waals surface area contributed by atoms with Crippen molar-refractivity contribution >= 4 is 15.9 Å². The van der Waals surface area contributed by atoms with Crippen LogP contribution in [0.3, 0.4) is 0 Å². The molecule has 0 atom stereocenters. The Labute approximate surface area is 103 Å². The first-order valence-corrected chi connectivity index (χ1v) is 5.94. The molecule has 3 nitrogen and oxygen atoms in total. The zero-order chi connectivity index (χ0) is 11.5. The van der Waals surface area contributed by atoms with Gasteiger partial charge in [0.15, 0.2) is 0 Å². The number of halogens is 1. The van der Waals surface area contributed by atoms with E-state index in [0.717, 1.165) is 21.5 Å². The van der Waals surface area contributed by atoms with E-state index in [1.807, 2.05) is 36.0 Å². The number of benzene rings is 1. The van der Waals surface area contributed by atoms with E-state index in [0.29, 0.717) is 6.61 Å². The molecular formula is C12H13BrN2O. The maximum atomic E-state index is 5.54. The highest BCUT2D eigenvalue weighted by atomic mass is 79.9. The van der Waals surface area contributed by atoms with E-state index in [2.05, 4.69) is 28.0 Å². The number of ether oxygens (including phenoxy) is 1. The summed E-state index contributed by atoms with van der Waals surface area (Å²) in [5, 5.41) is 4.22. The van der Waals surface area contributed by atoms with Gasteiger partial charge in [-0.1, -0.05) is 0 Å². The summed E-state index contributed by atoms with van der Waals surface area (Å²) < 4.78 is 8.35. The lowest BCUT2D eigenvalue weighted by atomic mass is 10.2. The molecule has 0 bridgehead atoms. The van der Waals surface area contributed by atoms with Gasteiger partial charge >= 0.3 is 0 Å². The maximum Gasteiger partial charge on any atom is 0.135 e. The minimum atomic E-state index is 0.653. The molecule has 0 aliphatic carbocycles. The first-order chi connectivity index (χ1) is 7.72. The van der Waals surface area contributed by atoms with Gasteiger partial charge < -0.3 is 4.74 Å². The molecule has 0 radical (unpaired) electrons. The van der Waals surface area contributed by atoms with Crippen LogP contribution in [0.2, 0.25) is 0 Å². The third kappa shape index (κ3) is 2.11. The summed E-state index contributed by atoms with van der Waals surface area (Å²) in [5.74, 6) is 0.846. The van der Waals surface area contributed by atoms with Crippen LogP contribution in [0.5, 0.6) is 5.75 Å². The van der Waals surface area contributed by atoms with Gasteiger partial charge in [0.25, 0.3) is 0 Å². The zero-order valence-corrected chi connectivity index (χ0v) is 10.9. The Morgan fingerprint density at radius 1 is 1.44 bits per heavy atom.